The number of halogens is 2. The fraction of sp³-hybridized carbons (Fsp3) is 0.250. The Morgan fingerprint density at radius 3 is 1.94 bits per heavy atom. The zero-order valence-electron chi connectivity index (χ0n) is 18.5. The number of unbranched alkanes of at least 4 members (excludes halogenated alkanes) is 1. The number of hydrogen-bond donors (Lipinski definition) is 1. The summed E-state index contributed by atoms with van der Waals surface area (Å²) in [6.45, 7) is 2.08. The van der Waals surface area contributed by atoms with E-state index in [1.54, 1.807) is 12.1 Å². The minimum Gasteiger partial charge on any atom is -0.382 e. The van der Waals surface area contributed by atoms with E-state index >= 15 is 0 Å². The lowest BCUT2D eigenvalue weighted by Gasteiger charge is -2.16. The van der Waals surface area contributed by atoms with E-state index in [-0.39, 0.29) is 30.1 Å². The zero-order chi connectivity index (χ0) is 24.2. The van der Waals surface area contributed by atoms with Crippen LogP contribution in [-0.2, 0) is 13.1 Å². The van der Waals surface area contributed by atoms with Crippen LogP contribution in [0.4, 0.5) is 14.6 Å². The van der Waals surface area contributed by atoms with E-state index in [1.165, 1.54) is 57.3 Å². The first-order valence-electron chi connectivity index (χ1n) is 10.8. The Labute approximate surface area is 198 Å². The first kappa shape index (κ1) is 23.6. The maximum Gasteiger partial charge on any atom is 0.318 e. The Balaban J connectivity index is 1.91. The molecule has 0 unspecified atom stereocenters. The number of nitrogens with zero attached hydrogens (tertiary/aromatic N) is 4. The fourth-order valence-electron chi connectivity index (χ4n) is 3.53. The smallest absolute Gasteiger partial charge is 0.318 e. The molecule has 7 nitrogen and oxygen atoms in total. The molecule has 0 fully saturated rings. The summed E-state index contributed by atoms with van der Waals surface area (Å²) >= 11 is 1.42. The average Bonchev–Trinajstić information content (AvgIpc) is 2.82. The van der Waals surface area contributed by atoms with Crippen molar-refractivity contribution in [1.29, 1.82) is 0 Å². The third-order valence-electron chi connectivity index (χ3n) is 5.31. The summed E-state index contributed by atoms with van der Waals surface area (Å²) in [7, 11) is 0. The molecule has 0 spiro atoms. The van der Waals surface area contributed by atoms with Crippen LogP contribution in [0.5, 0.6) is 0 Å². The monoisotopic (exact) mass is 483 g/mol. The van der Waals surface area contributed by atoms with Crippen molar-refractivity contribution in [3.63, 3.8) is 0 Å². The molecule has 2 N–H and O–H groups in total. The van der Waals surface area contributed by atoms with E-state index in [4.69, 9.17) is 5.73 Å². The first-order chi connectivity index (χ1) is 16.4. The van der Waals surface area contributed by atoms with Crippen LogP contribution in [0.25, 0.3) is 11.2 Å². The molecule has 0 amide bonds. The summed E-state index contributed by atoms with van der Waals surface area (Å²) in [5.41, 5.74) is 6.36. The molecule has 0 atom stereocenters. The first-order valence-corrected chi connectivity index (χ1v) is 11.8. The Bertz CT molecular complexity index is 1430. The minimum atomic E-state index is -0.805. The molecule has 0 saturated carbocycles. The summed E-state index contributed by atoms with van der Waals surface area (Å²) in [6, 6.07) is 11.3. The molecule has 4 rings (SSSR count). The Morgan fingerprint density at radius 1 is 0.853 bits per heavy atom. The van der Waals surface area contributed by atoms with Crippen molar-refractivity contribution >= 4 is 28.7 Å². The van der Waals surface area contributed by atoms with E-state index in [0.29, 0.717) is 16.3 Å². The Kier molecular flexibility index (Phi) is 7.06. The van der Waals surface area contributed by atoms with Crippen molar-refractivity contribution in [2.45, 2.75) is 38.0 Å². The lowest BCUT2D eigenvalue weighted by Crippen LogP contribution is -2.42. The molecule has 0 bridgehead atoms. The molecule has 0 radical (unpaired) electrons. The summed E-state index contributed by atoms with van der Waals surface area (Å²) in [4.78, 5) is 35.3. The van der Waals surface area contributed by atoms with Crippen LogP contribution < -0.4 is 16.9 Å². The second kappa shape index (κ2) is 10.2. The predicted octanol–water partition coefficient (Wildman–Crippen LogP) is 3.80. The van der Waals surface area contributed by atoms with Gasteiger partial charge >= 0.3 is 11.1 Å². The highest BCUT2D eigenvalue weighted by Crippen LogP contribution is 2.23. The fourth-order valence-corrected chi connectivity index (χ4v) is 4.46. The highest BCUT2D eigenvalue weighted by atomic mass is 32.2. The molecule has 0 saturated heterocycles. The molecule has 0 aliphatic heterocycles. The largest absolute Gasteiger partial charge is 0.382 e. The number of anilines is 1. The van der Waals surface area contributed by atoms with Crippen LogP contribution in [0, 0.1) is 11.6 Å². The van der Waals surface area contributed by atoms with Crippen LogP contribution in [0.3, 0.4) is 0 Å². The summed E-state index contributed by atoms with van der Waals surface area (Å²) in [5.74, 6) is 0.0268. The van der Waals surface area contributed by atoms with E-state index in [2.05, 4.69) is 16.9 Å². The predicted molar refractivity (Wildman–Crippen MR) is 129 cm³/mol. The van der Waals surface area contributed by atoms with Crippen molar-refractivity contribution in [2.24, 2.45) is 0 Å². The third-order valence-corrected chi connectivity index (χ3v) is 6.24. The summed E-state index contributed by atoms with van der Waals surface area (Å²) < 4.78 is 29.2. The van der Waals surface area contributed by atoms with Gasteiger partial charge in [-0.2, -0.15) is 0 Å². The highest BCUT2D eigenvalue weighted by molar-refractivity contribution is 7.99. The molecule has 34 heavy (non-hydrogen) atoms. The van der Waals surface area contributed by atoms with Gasteiger partial charge in [-0.25, -0.2) is 18.7 Å². The van der Waals surface area contributed by atoms with Gasteiger partial charge in [0.05, 0.1) is 13.1 Å². The minimum absolute atomic E-state index is 0.00186. The van der Waals surface area contributed by atoms with Crippen molar-refractivity contribution in [1.82, 2.24) is 19.1 Å². The summed E-state index contributed by atoms with van der Waals surface area (Å²) in [5, 5.41) is 0.401. The van der Waals surface area contributed by atoms with Crippen LogP contribution in [0.2, 0.25) is 0 Å². The maximum absolute atomic E-state index is 13.4. The molecular weight excluding hydrogens is 460 g/mol. The number of aromatic nitrogens is 4. The van der Waals surface area contributed by atoms with Crippen molar-refractivity contribution < 1.29 is 8.78 Å². The van der Waals surface area contributed by atoms with E-state index in [9.17, 15) is 18.4 Å². The molecule has 0 aliphatic rings. The van der Waals surface area contributed by atoms with E-state index < -0.39 is 22.8 Å². The lowest BCUT2D eigenvalue weighted by atomic mass is 10.2. The molecule has 10 heteroatoms. The molecule has 2 aromatic carbocycles. The molecule has 2 aromatic heterocycles. The highest BCUT2D eigenvalue weighted by Gasteiger charge is 2.19. The number of nitrogen functional groups attached to an aromatic ring is 1. The van der Waals surface area contributed by atoms with E-state index in [1.807, 2.05) is 0 Å². The normalized spacial score (nSPS) is 11.3. The van der Waals surface area contributed by atoms with Gasteiger partial charge in [-0.1, -0.05) is 49.4 Å². The van der Waals surface area contributed by atoms with Gasteiger partial charge in [-0.3, -0.25) is 18.7 Å². The molecule has 2 heterocycles. The van der Waals surface area contributed by atoms with Crippen molar-refractivity contribution in [2.75, 3.05) is 11.5 Å². The number of fused-ring (bicyclic) bond motifs is 1. The zero-order valence-corrected chi connectivity index (χ0v) is 19.3. The van der Waals surface area contributed by atoms with Crippen molar-refractivity contribution in [3.8, 4) is 0 Å². The van der Waals surface area contributed by atoms with Gasteiger partial charge in [0, 0.05) is 5.75 Å². The molecule has 176 valence electrons. The van der Waals surface area contributed by atoms with E-state index in [0.717, 1.165) is 18.6 Å². The molecule has 0 aliphatic carbocycles. The van der Waals surface area contributed by atoms with Gasteiger partial charge in [0.2, 0.25) is 0 Å². The van der Waals surface area contributed by atoms with Gasteiger partial charge in [0.1, 0.15) is 17.2 Å². The van der Waals surface area contributed by atoms with Crippen LogP contribution in [-0.4, -0.2) is 24.9 Å². The number of thioether (sulfide) groups is 1. The topological polar surface area (TPSA) is 95.8 Å². The third kappa shape index (κ3) is 5.01. The number of rotatable bonds is 8. The molecular formula is C24H23F2N5O2S. The SMILES string of the molecule is CCCCSc1nc(N)c2c(n1)n(Cc1ccc(F)cc1)c(=O)c(=O)n2Cc1ccc(F)cc1. The second-order valence-corrected chi connectivity index (χ2v) is 8.86. The quantitative estimate of drug-likeness (QED) is 0.177. The van der Waals surface area contributed by atoms with Crippen LogP contribution in [0.1, 0.15) is 30.9 Å². The number of hydrogen-bond acceptors (Lipinski definition) is 6. The molecule has 4 aromatic rings. The van der Waals surface area contributed by atoms with Gasteiger partial charge in [0.25, 0.3) is 0 Å². The Hall–Kier alpha value is -3.53. The van der Waals surface area contributed by atoms with Gasteiger partial charge in [-0.05, 0) is 41.8 Å². The average molecular weight is 484 g/mol. The van der Waals surface area contributed by atoms with Gasteiger partial charge in [0.15, 0.2) is 16.6 Å². The Morgan fingerprint density at radius 2 is 1.38 bits per heavy atom. The maximum atomic E-state index is 13.4. The lowest BCUT2D eigenvalue weighted by molar-refractivity contribution is 0.624. The standard InChI is InChI=1S/C24H23F2N5O2S/c1-2-3-12-34-24-28-20(27)19-21(29-24)31(14-16-6-10-18(26)11-7-16)23(33)22(32)30(19)13-15-4-8-17(25)9-5-15/h4-11H,2-3,12-14H2,1H3,(H2,27,28,29). The van der Waals surface area contributed by atoms with Crippen molar-refractivity contribution in [3.05, 3.63) is 92.0 Å². The number of benzene rings is 2. The van der Waals surface area contributed by atoms with Gasteiger partial charge in [-0.15, -0.1) is 0 Å². The summed E-state index contributed by atoms with van der Waals surface area (Å²) in [6.07, 6.45) is 1.96. The second-order valence-electron chi connectivity index (χ2n) is 7.80. The van der Waals surface area contributed by atoms with Crippen LogP contribution in [0.15, 0.2) is 63.3 Å². The number of nitrogens with two attached hydrogens (primary N) is 1. The van der Waals surface area contributed by atoms with Crippen LogP contribution >= 0.6 is 11.8 Å². The van der Waals surface area contributed by atoms with Gasteiger partial charge < -0.3 is 5.73 Å².